The van der Waals surface area contributed by atoms with Gasteiger partial charge in [-0.3, -0.25) is 4.79 Å². The van der Waals surface area contributed by atoms with E-state index in [9.17, 15) is 4.79 Å². The van der Waals surface area contributed by atoms with Gasteiger partial charge in [-0.25, -0.2) is 0 Å². The van der Waals surface area contributed by atoms with Crippen LogP contribution in [0.2, 0.25) is 0 Å². The van der Waals surface area contributed by atoms with Gasteiger partial charge in [-0.1, -0.05) is 0 Å². The lowest BCUT2D eigenvalue weighted by Crippen LogP contribution is -2.40. The fourth-order valence-corrected chi connectivity index (χ4v) is 1.85. The van der Waals surface area contributed by atoms with E-state index in [4.69, 9.17) is 5.26 Å². The van der Waals surface area contributed by atoms with Crippen LogP contribution in [0.15, 0.2) is 12.1 Å². The fourth-order valence-electron chi connectivity index (χ4n) is 1.10. The maximum Gasteiger partial charge on any atom is 0.236 e. The number of hydrogen-bond acceptors (Lipinski definition) is 4. The topological polar surface area (TPSA) is 64.9 Å². The summed E-state index contributed by atoms with van der Waals surface area (Å²) in [6.45, 7) is 2.42. The number of amides is 1. The Kier molecular flexibility index (Phi) is 4.28. The molecule has 0 radical (unpaired) electrons. The molecule has 1 unspecified atom stereocenters. The van der Waals surface area contributed by atoms with E-state index < -0.39 is 0 Å². The zero-order valence-corrected chi connectivity index (χ0v) is 9.52. The van der Waals surface area contributed by atoms with Crippen LogP contribution in [0.25, 0.3) is 0 Å². The van der Waals surface area contributed by atoms with Crippen molar-refractivity contribution in [3.63, 3.8) is 0 Å². The third-order valence-electron chi connectivity index (χ3n) is 1.99. The van der Waals surface area contributed by atoms with Crippen molar-refractivity contribution in [1.82, 2.24) is 10.6 Å². The average Bonchev–Trinajstić information content (AvgIpc) is 2.72. The van der Waals surface area contributed by atoms with Crippen molar-refractivity contribution < 1.29 is 4.79 Å². The summed E-state index contributed by atoms with van der Waals surface area (Å²) in [5.74, 6) is -0.0351. The van der Waals surface area contributed by atoms with Crippen LogP contribution in [0.5, 0.6) is 0 Å². The second-order valence-electron chi connectivity index (χ2n) is 3.09. The van der Waals surface area contributed by atoms with Gasteiger partial charge in [0.15, 0.2) is 0 Å². The van der Waals surface area contributed by atoms with Gasteiger partial charge >= 0.3 is 0 Å². The standard InChI is InChI=1S/C10H13N3OS/c1-7(10(14)12-2)13-6-9-4-3-8(5-11)15-9/h3-4,7,13H,6H2,1-2H3,(H,12,14). The zero-order valence-electron chi connectivity index (χ0n) is 8.70. The SMILES string of the molecule is CNC(=O)C(C)NCc1ccc(C#N)s1. The molecular formula is C10H13N3OS. The summed E-state index contributed by atoms with van der Waals surface area (Å²) in [4.78, 5) is 12.9. The fraction of sp³-hybridized carbons (Fsp3) is 0.400. The number of likely N-dealkylation sites (N-methyl/N-ethyl adjacent to an activating group) is 1. The Labute approximate surface area is 92.9 Å². The first-order valence-electron chi connectivity index (χ1n) is 4.61. The highest BCUT2D eigenvalue weighted by Crippen LogP contribution is 2.14. The summed E-state index contributed by atoms with van der Waals surface area (Å²) >= 11 is 1.44. The molecule has 4 nitrogen and oxygen atoms in total. The van der Waals surface area contributed by atoms with Gasteiger partial charge < -0.3 is 10.6 Å². The molecule has 1 atom stereocenters. The van der Waals surface area contributed by atoms with Crippen LogP contribution in [0.3, 0.4) is 0 Å². The molecule has 1 heterocycles. The van der Waals surface area contributed by atoms with E-state index in [1.54, 1.807) is 20.0 Å². The van der Waals surface area contributed by atoms with Gasteiger partial charge in [0.2, 0.25) is 5.91 Å². The smallest absolute Gasteiger partial charge is 0.236 e. The first-order chi connectivity index (χ1) is 7.17. The summed E-state index contributed by atoms with van der Waals surface area (Å²) in [7, 11) is 1.61. The van der Waals surface area contributed by atoms with E-state index in [0.29, 0.717) is 11.4 Å². The molecule has 0 fully saturated rings. The molecule has 5 heteroatoms. The van der Waals surface area contributed by atoms with Crippen molar-refractivity contribution >= 4 is 17.2 Å². The number of nitrogens with one attached hydrogen (secondary N) is 2. The number of carbonyl (C=O) groups excluding carboxylic acids is 1. The number of thiophene rings is 1. The van der Waals surface area contributed by atoms with Crippen LogP contribution in [0.4, 0.5) is 0 Å². The number of carbonyl (C=O) groups is 1. The molecule has 1 rings (SSSR count). The molecule has 0 aliphatic rings. The molecule has 0 saturated carbocycles. The third kappa shape index (κ3) is 3.35. The van der Waals surface area contributed by atoms with Gasteiger partial charge in [0, 0.05) is 18.5 Å². The summed E-state index contributed by atoms with van der Waals surface area (Å²) in [5.41, 5.74) is 0. The maximum absolute atomic E-state index is 11.2. The minimum Gasteiger partial charge on any atom is -0.358 e. The Morgan fingerprint density at radius 3 is 2.93 bits per heavy atom. The highest BCUT2D eigenvalue weighted by atomic mass is 32.1. The molecular weight excluding hydrogens is 210 g/mol. The summed E-state index contributed by atoms with van der Waals surface area (Å²) in [5, 5.41) is 14.3. The molecule has 0 spiro atoms. The third-order valence-corrected chi connectivity index (χ3v) is 2.98. The molecule has 0 aliphatic heterocycles. The maximum atomic E-state index is 11.2. The van der Waals surface area contributed by atoms with Crippen LogP contribution in [-0.2, 0) is 11.3 Å². The average molecular weight is 223 g/mol. The molecule has 0 bridgehead atoms. The summed E-state index contributed by atoms with van der Waals surface area (Å²) < 4.78 is 0. The lowest BCUT2D eigenvalue weighted by Gasteiger charge is -2.10. The van der Waals surface area contributed by atoms with Crippen molar-refractivity contribution in [1.29, 1.82) is 5.26 Å². The molecule has 1 amide bonds. The Hall–Kier alpha value is -1.38. The van der Waals surface area contributed by atoms with E-state index >= 15 is 0 Å². The molecule has 1 aromatic rings. The second kappa shape index (κ2) is 5.49. The normalized spacial score (nSPS) is 11.8. The quantitative estimate of drug-likeness (QED) is 0.795. The van der Waals surface area contributed by atoms with Crippen molar-refractivity contribution in [3.8, 4) is 6.07 Å². The largest absolute Gasteiger partial charge is 0.358 e. The van der Waals surface area contributed by atoms with E-state index in [1.807, 2.05) is 6.07 Å². The lowest BCUT2D eigenvalue weighted by atomic mass is 10.3. The zero-order chi connectivity index (χ0) is 11.3. The van der Waals surface area contributed by atoms with Gasteiger partial charge in [0.25, 0.3) is 0 Å². The molecule has 2 N–H and O–H groups in total. The van der Waals surface area contributed by atoms with Gasteiger partial charge in [-0.2, -0.15) is 5.26 Å². The Morgan fingerprint density at radius 2 is 2.40 bits per heavy atom. The van der Waals surface area contributed by atoms with Crippen LogP contribution in [0.1, 0.15) is 16.7 Å². The minimum atomic E-state index is -0.220. The number of hydrogen-bond donors (Lipinski definition) is 2. The van der Waals surface area contributed by atoms with Crippen molar-refractivity contribution in [3.05, 3.63) is 21.9 Å². The van der Waals surface area contributed by atoms with Gasteiger partial charge in [-0.05, 0) is 19.1 Å². The highest BCUT2D eigenvalue weighted by Gasteiger charge is 2.09. The van der Waals surface area contributed by atoms with Gasteiger partial charge in [0.05, 0.1) is 6.04 Å². The monoisotopic (exact) mass is 223 g/mol. The molecule has 0 saturated heterocycles. The molecule has 0 aliphatic carbocycles. The van der Waals surface area contributed by atoms with Crippen LogP contribution < -0.4 is 10.6 Å². The number of nitriles is 1. The summed E-state index contributed by atoms with van der Waals surface area (Å²) in [6, 6.07) is 5.54. The predicted molar refractivity (Wildman–Crippen MR) is 59.4 cm³/mol. The second-order valence-corrected chi connectivity index (χ2v) is 4.26. The first kappa shape index (κ1) is 11.7. The Morgan fingerprint density at radius 1 is 1.67 bits per heavy atom. The molecule has 1 aromatic heterocycles. The molecule has 80 valence electrons. The number of rotatable bonds is 4. The van der Waals surface area contributed by atoms with Crippen LogP contribution in [-0.4, -0.2) is 19.0 Å². The van der Waals surface area contributed by atoms with Crippen molar-refractivity contribution in [2.24, 2.45) is 0 Å². The van der Waals surface area contributed by atoms with Crippen molar-refractivity contribution in [2.75, 3.05) is 7.05 Å². The van der Waals surface area contributed by atoms with Gasteiger partial charge in [0.1, 0.15) is 10.9 Å². The number of nitrogens with zero attached hydrogens (tertiary/aromatic N) is 1. The minimum absolute atomic E-state index is 0.0351. The predicted octanol–water partition coefficient (Wildman–Crippen LogP) is 0.844. The van der Waals surface area contributed by atoms with Crippen LogP contribution >= 0.6 is 11.3 Å². The van der Waals surface area contributed by atoms with Crippen LogP contribution in [0, 0.1) is 11.3 Å². The molecule has 0 aromatic carbocycles. The van der Waals surface area contributed by atoms with E-state index in [1.165, 1.54) is 11.3 Å². The Bertz CT molecular complexity index is 380. The Balaban J connectivity index is 2.44. The lowest BCUT2D eigenvalue weighted by molar-refractivity contribution is -0.122. The van der Waals surface area contributed by atoms with E-state index in [2.05, 4.69) is 16.7 Å². The first-order valence-corrected chi connectivity index (χ1v) is 5.42. The van der Waals surface area contributed by atoms with Gasteiger partial charge in [-0.15, -0.1) is 11.3 Å². The molecule has 15 heavy (non-hydrogen) atoms. The van der Waals surface area contributed by atoms with E-state index in [0.717, 1.165) is 4.88 Å². The summed E-state index contributed by atoms with van der Waals surface area (Å²) in [6.07, 6.45) is 0. The van der Waals surface area contributed by atoms with Crippen molar-refractivity contribution in [2.45, 2.75) is 19.5 Å². The van der Waals surface area contributed by atoms with E-state index in [-0.39, 0.29) is 11.9 Å². The highest BCUT2D eigenvalue weighted by molar-refractivity contribution is 7.12.